The molecule has 120 valence electrons. The topological polar surface area (TPSA) is 64.8 Å². The molecular formula is C18H20N2O3. The summed E-state index contributed by atoms with van der Waals surface area (Å²) in [6.07, 6.45) is 0. The molecule has 0 saturated heterocycles. The van der Waals surface area contributed by atoms with Gasteiger partial charge in [0.2, 0.25) is 6.79 Å². The number of benzene rings is 2. The lowest BCUT2D eigenvalue weighted by Crippen LogP contribution is -2.30. The summed E-state index contributed by atoms with van der Waals surface area (Å²) in [6.45, 7) is 3.86. The van der Waals surface area contributed by atoms with Crippen molar-refractivity contribution in [3.05, 3.63) is 59.2 Å². The fraction of sp³-hybridized carbons (Fsp3) is 0.278. The minimum Gasteiger partial charge on any atom is -0.454 e. The Morgan fingerprint density at radius 3 is 2.48 bits per heavy atom. The van der Waals surface area contributed by atoms with Crippen LogP contribution in [0.1, 0.15) is 28.4 Å². The molecule has 1 amide bonds. The Labute approximate surface area is 135 Å². The Morgan fingerprint density at radius 2 is 1.78 bits per heavy atom. The molecule has 0 spiro atoms. The van der Waals surface area contributed by atoms with Gasteiger partial charge in [0, 0.05) is 25.2 Å². The number of fused-ring (bicyclic) bond motifs is 1. The van der Waals surface area contributed by atoms with Gasteiger partial charge in [-0.25, -0.2) is 0 Å². The smallest absolute Gasteiger partial charge is 0.254 e. The van der Waals surface area contributed by atoms with Crippen molar-refractivity contribution < 1.29 is 14.3 Å². The molecule has 0 radical (unpaired) electrons. The molecule has 0 unspecified atom stereocenters. The van der Waals surface area contributed by atoms with Crippen LogP contribution in [0.4, 0.5) is 0 Å². The van der Waals surface area contributed by atoms with Gasteiger partial charge in [-0.1, -0.05) is 18.2 Å². The Kier molecular flexibility index (Phi) is 4.48. The fourth-order valence-electron chi connectivity index (χ4n) is 2.55. The summed E-state index contributed by atoms with van der Waals surface area (Å²) >= 11 is 0. The van der Waals surface area contributed by atoms with Crippen molar-refractivity contribution >= 4 is 5.91 Å². The summed E-state index contributed by atoms with van der Waals surface area (Å²) in [5.41, 5.74) is 8.29. The maximum absolute atomic E-state index is 12.7. The van der Waals surface area contributed by atoms with Crippen LogP contribution in [0.5, 0.6) is 11.5 Å². The lowest BCUT2D eigenvalue weighted by molar-refractivity contribution is 0.0752. The Balaban J connectivity index is 1.74. The highest BCUT2D eigenvalue weighted by Gasteiger charge is 2.17. The van der Waals surface area contributed by atoms with E-state index in [1.807, 2.05) is 49.4 Å². The first-order valence-electron chi connectivity index (χ1n) is 7.68. The minimum absolute atomic E-state index is 0.00809. The second kappa shape index (κ2) is 6.71. The van der Waals surface area contributed by atoms with Crippen LogP contribution in [0.3, 0.4) is 0 Å². The Bertz CT molecular complexity index is 698. The van der Waals surface area contributed by atoms with E-state index >= 15 is 0 Å². The van der Waals surface area contributed by atoms with E-state index in [9.17, 15) is 4.79 Å². The second-order valence-corrected chi connectivity index (χ2v) is 5.41. The summed E-state index contributed by atoms with van der Waals surface area (Å²) in [7, 11) is 0. The first-order valence-corrected chi connectivity index (χ1v) is 7.68. The third kappa shape index (κ3) is 3.29. The zero-order chi connectivity index (χ0) is 16.2. The van der Waals surface area contributed by atoms with Crippen LogP contribution in [0.2, 0.25) is 0 Å². The normalized spacial score (nSPS) is 12.3. The van der Waals surface area contributed by atoms with E-state index in [1.165, 1.54) is 0 Å². The largest absolute Gasteiger partial charge is 0.454 e. The summed E-state index contributed by atoms with van der Waals surface area (Å²) in [5, 5.41) is 0. The first-order chi connectivity index (χ1) is 11.2. The highest BCUT2D eigenvalue weighted by atomic mass is 16.7. The number of nitrogens with two attached hydrogens (primary N) is 1. The Hall–Kier alpha value is -2.53. The van der Waals surface area contributed by atoms with E-state index in [0.717, 1.165) is 22.6 Å². The van der Waals surface area contributed by atoms with Gasteiger partial charge in [0.1, 0.15) is 0 Å². The van der Waals surface area contributed by atoms with E-state index in [4.69, 9.17) is 15.2 Å². The van der Waals surface area contributed by atoms with Gasteiger partial charge in [0.05, 0.1) is 0 Å². The van der Waals surface area contributed by atoms with Crippen molar-refractivity contribution in [1.29, 1.82) is 0 Å². The van der Waals surface area contributed by atoms with E-state index in [1.54, 1.807) is 4.90 Å². The molecule has 2 aromatic carbocycles. The number of nitrogens with zero attached hydrogens (tertiary/aromatic N) is 1. The average Bonchev–Trinajstić information content (AvgIpc) is 3.07. The van der Waals surface area contributed by atoms with Gasteiger partial charge < -0.3 is 20.1 Å². The predicted molar refractivity (Wildman–Crippen MR) is 87.3 cm³/mol. The number of rotatable bonds is 5. The van der Waals surface area contributed by atoms with Gasteiger partial charge >= 0.3 is 0 Å². The summed E-state index contributed by atoms with van der Waals surface area (Å²) in [4.78, 5) is 14.5. The number of hydrogen-bond donors (Lipinski definition) is 1. The fourth-order valence-corrected chi connectivity index (χ4v) is 2.55. The molecule has 1 aliphatic rings. The molecule has 0 aliphatic carbocycles. The third-order valence-electron chi connectivity index (χ3n) is 3.92. The molecule has 5 nitrogen and oxygen atoms in total. The van der Waals surface area contributed by atoms with Crippen molar-refractivity contribution in [2.75, 3.05) is 13.3 Å². The summed E-state index contributed by atoms with van der Waals surface area (Å²) in [5.74, 6) is 1.49. The number of hydrogen-bond acceptors (Lipinski definition) is 4. The number of carbonyl (C=O) groups is 1. The molecule has 1 aliphatic heterocycles. The van der Waals surface area contributed by atoms with Gasteiger partial charge in [0.15, 0.2) is 11.5 Å². The van der Waals surface area contributed by atoms with Crippen molar-refractivity contribution in [3.8, 4) is 11.5 Å². The highest BCUT2D eigenvalue weighted by Crippen LogP contribution is 2.32. The predicted octanol–water partition coefficient (Wildman–Crippen LogP) is 2.54. The molecular weight excluding hydrogens is 292 g/mol. The highest BCUT2D eigenvalue weighted by molar-refractivity contribution is 5.94. The van der Waals surface area contributed by atoms with Gasteiger partial charge in [-0.2, -0.15) is 0 Å². The van der Waals surface area contributed by atoms with Crippen LogP contribution in [0.15, 0.2) is 42.5 Å². The van der Waals surface area contributed by atoms with Gasteiger partial charge in [-0.3, -0.25) is 4.79 Å². The third-order valence-corrected chi connectivity index (χ3v) is 3.92. The van der Waals surface area contributed by atoms with Gasteiger partial charge in [-0.05, 0) is 42.3 Å². The molecule has 2 aromatic rings. The molecule has 5 heteroatoms. The van der Waals surface area contributed by atoms with E-state index in [-0.39, 0.29) is 12.7 Å². The molecule has 0 aromatic heterocycles. The van der Waals surface area contributed by atoms with Crippen LogP contribution in [0, 0.1) is 0 Å². The van der Waals surface area contributed by atoms with Crippen LogP contribution in [0.25, 0.3) is 0 Å². The van der Waals surface area contributed by atoms with Crippen molar-refractivity contribution in [1.82, 2.24) is 4.90 Å². The Morgan fingerprint density at radius 1 is 1.09 bits per heavy atom. The molecule has 2 N–H and O–H groups in total. The zero-order valence-electron chi connectivity index (χ0n) is 13.1. The van der Waals surface area contributed by atoms with E-state index in [2.05, 4.69) is 0 Å². The standard InChI is InChI=1S/C18H20N2O3/c1-2-20(18(21)15-6-3-13(10-19)4-7-15)11-14-5-8-16-17(9-14)23-12-22-16/h3-9H,2,10-12,19H2,1H3. The van der Waals surface area contributed by atoms with Gasteiger partial charge in [0.25, 0.3) is 5.91 Å². The monoisotopic (exact) mass is 312 g/mol. The maximum atomic E-state index is 12.7. The van der Waals surface area contributed by atoms with Crippen LogP contribution in [-0.2, 0) is 13.1 Å². The van der Waals surface area contributed by atoms with Crippen molar-refractivity contribution in [2.24, 2.45) is 5.73 Å². The molecule has 23 heavy (non-hydrogen) atoms. The van der Waals surface area contributed by atoms with E-state index in [0.29, 0.717) is 25.2 Å². The van der Waals surface area contributed by atoms with Crippen LogP contribution in [-0.4, -0.2) is 24.1 Å². The summed E-state index contributed by atoms with van der Waals surface area (Å²) < 4.78 is 10.7. The number of ether oxygens (including phenoxy) is 2. The van der Waals surface area contributed by atoms with Crippen LogP contribution < -0.4 is 15.2 Å². The van der Waals surface area contributed by atoms with Crippen LogP contribution >= 0.6 is 0 Å². The maximum Gasteiger partial charge on any atom is 0.254 e. The average molecular weight is 312 g/mol. The van der Waals surface area contributed by atoms with Crippen molar-refractivity contribution in [3.63, 3.8) is 0 Å². The molecule has 3 rings (SSSR count). The summed E-state index contributed by atoms with van der Waals surface area (Å²) in [6, 6.07) is 13.2. The molecule has 0 fully saturated rings. The quantitative estimate of drug-likeness (QED) is 0.921. The van der Waals surface area contributed by atoms with E-state index < -0.39 is 0 Å². The zero-order valence-corrected chi connectivity index (χ0v) is 13.1. The number of amides is 1. The number of carbonyl (C=O) groups excluding carboxylic acids is 1. The second-order valence-electron chi connectivity index (χ2n) is 5.41. The molecule has 0 bridgehead atoms. The SMILES string of the molecule is CCN(Cc1ccc2c(c1)OCO2)C(=O)c1ccc(CN)cc1. The lowest BCUT2D eigenvalue weighted by Gasteiger charge is -2.21. The van der Waals surface area contributed by atoms with Crippen molar-refractivity contribution in [2.45, 2.75) is 20.0 Å². The molecule has 1 heterocycles. The molecule has 0 atom stereocenters. The van der Waals surface area contributed by atoms with Gasteiger partial charge in [-0.15, -0.1) is 0 Å². The minimum atomic E-state index is 0.00809. The molecule has 0 saturated carbocycles. The first kappa shape index (κ1) is 15.4. The lowest BCUT2D eigenvalue weighted by atomic mass is 10.1.